The number of hydrogen-bond acceptors (Lipinski definition) is 3. The predicted molar refractivity (Wildman–Crippen MR) is 85.4 cm³/mol. The van der Waals surface area contributed by atoms with Gasteiger partial charge in [-0.15, -0.1) is 0 Å². The maximum atomic E-state index is 12.8. The molecule has 1 N–H and O–H groups in total. The maximum Gasteiger partial charge on any atom is 0.262 e. The topological polar surface area (TPSA) is 47.6 Å². The molecule has 0 radical (unpaired) electrons. The van der Waals surface area contributed by atoms with Gasteiger partial charge in [-0.3, -0.25) is 4.79 Å². The summed E-state index contributed by atoms with van der Waals surface area (Å²) in [7, 11) is 0. The van der Waals surface area contributed by atoms with E-state index in [4.69, 9.17) is 9.47 Å². The molecule has 1 amide bonds. The molecular formula is C18H18FNO3. The van der Waals surface area contributed by atoms with Crippen LogP contribution >= 0.6 is 0 Å². The van der Waals surface area contributed by atoms with Crippen molar-refractivity contribution in [3.05, 3.63) is 53.8 Å². The summed E-state index contributed by atoms with van der Waals surface area (Å²) in [5, 5.41) is 2.65. The number of rotatable bonds is 4. The minimum absolute atomic E-state index is 0.141. The zero-order valence-corrected chi connectivity index (χ0v) is 13.1. The summed E-state index contributed by atoms with van der Waals surface area (Å²) >= 11 is 0. The fraction of sp³-hybridized carbons (Fsp3) is 0.278. The van der Waals surface area contributed by atoms with E-state index >= 15 is 0 Å². The lowest BCUT2D eigenvalue weighted by Gasteiger charge is -2.18. The molecule has 0 bridgehead atoms. The quantitative estimate of drug-likeness (QED) is 0.938. The number of hydrogen-bond donors (Lipinski definition) is 1. The Labute approximate surface area is 134 Å². The molecular weight excluding hydrogens is 297 g/mol. The number of ether oxygens (including phenoxy) is 2. The fourth-order valence-electron chi connectivity index (χ4n) is 2.57. The van der Waals surface area contributed by atoms with Crippen LogP contribution in [0.25, 0.3) is 0 Å². The van der Waals surface area contributed by atoms with Crippen molar-refractivity contribution in [2.75, 3.05) is 11.9 Å². The predicted octanol–water partition coefficient (Wildman–Crippen LogP) is 3.56. The van der Waals surface area contributed by atoms with Crippen LogP contribution in [0.3, 0.4) is 0 Å². The van der Waals surface area contributed by atoms with E-state index in [1.54, 1.807) is 6.07 Å². The van der Waals surface area contributed by atoms with Gasteiger partial charge in [0.2, 0.25) is 0 Å². The van der Waals surface area contributed by atoms with Crippen LogP contribution in [-0.4, -0.2) is 18.1 Å². The van der Waals surface area contributed by atoms with Crippen LogP contribution in [-0.2, 0) is 11.2 Å². The standard InChI is InChI=1S/C18H18FNO3/c1-18(2)10-12-4-3-5-15(17(12)23-18)22-11-16(21)20-14-8-6-13(19)7-9-14/h3-9H,10-11H2,1-2H3,(H,20,21). The van der Waals surface area contributed by atoms with Crippen molar-refractivity contribution in [2.45, 2.75) is 25.9 Å². The van der Waals surface area contributed by atoms with E-state index in [0.29, 0.717) is 17.2 Å². The van der Waals surface area contributed by atoms with E-state index in [1.807, 2.05) is 26.0 Å². The number of halogens is 1. The number of fused-ring (bicyclic) bond motifs is 1. The first kappa shape index (κ1) is 15.3. The Morgan fingerprint density at radius 1 is 1.26 bits per heavy atom. The van der Waals surface area contributed by atoms with Gasteiger partial charge >= 0.3 is 0 Å². The SMILES string of the molecule is CC1(C)Cc2cccc(OCC(=O)Nc3ccc(F)cc3)c2O1. The number of carbonyl (C=O) groups excluding carboxylic acids is 1. The summed E-state index contributed by atoms with van der Waals surface area (Å²) in [6.07, 6.45) is 0.807. The summed E-state index contributed by atoms with van der Waals surface area (Å²) in [5.74, 6) is 0.597. The van der Waals surface area contributed by atoms with Gasteiger partial charge in [-0.25, -0.2) is 4.39 Å². The minimum atomic E-state index is -0.348. The highest BCUT2D eigenvalue weighted by molar-refractivity contribution is 5.91. The molecule has 3 rings (SSSR count). The van der Waals surface area contributed by atoms with E-state index in [9.17, 15) is 9.18 Å². The smallest absolute Gasteiger partial charge is 0.262 e. The summed E-state index contributed by atoms with van der Waals surface area (Å²) in [6.45, 7) is 3.88. The van der Waals surface area contributed by atoms with Crippen molar-refractivity contribution >= 4 is 11.6 Å². The fourth-order valence-corrected chi connectivity index (χ4v) is 2.57. The Morgan fingerprint density at radius 3 is 2.74 bits per heavy atom. The van der Waals surface area contributed by atoms with E-state index < -0.39 is 0 Å². The summed E-state index contributed by atoms with van der Waals surface area (Å²) < 4.78 is 24.3. The molecule has 0 unspecified atom stereocenters. The number of para-hydroxylation sites is 1. The number of carbonyl (C=O) groups is 1. The largest absolute Gasteiger partial charge is 0.483 e. The third-order valence-electron chi connectivity index (χ3n) is 3.54. The van der Waals surface area contributed by atoms with Crippen molar-refractivity contribution in [1.29, 1.82) is 0 Å². The first-order valence-electron chi connectivity index (χ1n) is 7.42. The molecule has 0 atom stereocenters. The summed E-state index contributed by atoms with van der Waals surface area (Å²) in [5.41, 5.74) is 1.33. The molecule has 0 saturated carbocycles. The molecule has 5 heteroatoms. The third kappa shape index (κ3) is 3.62. The normalized spacial score (nSPS) is 14.7. The molecule has 120 valence electrons. The van der Waals surface area contributed by atoms with E-state index in [2.05, 4.69) is 5.32 Å². The Morgan fingerprint density at radius 2 is 2.00 bits per heavy atom. The van der Waals surface area contributed by atoms with E-state index in [0.717, 1.165) is 12.0 Å². The van der Waals surface area contributed by atoms with Gasteiger partial charge in [-0.05, 0) is 44.2 Å². The van der Waals surface area contributed by atoms with Crippen molar-refractivity contribution < 1.29 is 18.7 Å². The van der Waals surface area contributed by atoms with Crippen molar-refractivity contribution in [3.8, 4) is 11.5 Å². The minimum Gasteiger partial charge on any atom is -0.483 e. The third-order valence-corrected chi connectivity index (χ3v) is 3.54. The second-order valence-corrected chi connectivity index (χ2v) is 6.13. The van der Waals surface area contributed by atoms with Crippen molar-refractivity contribution in [3.63, 3.8) is 0 Å². The highest BCUT2D eigenvalue weighted by Gasteiger charge is 2.32. The van der Waals surface area contributed by atoms with Gasteiger partial charge in [0, 0.05) is 17.7 Å². The Kier molecular flexibility index (Phi) is 3.94. The molecule has 1 aliphatic heterocycles. The van der Waals surface area contributed by atoms with Crippen LogP contribution < -0.4 is 14.8 Å². The highest BCUT2D eigenvalue weighted by Crippen LogP contribution is 2.41. The van der Waals surface area contributed by atoms with Crippen LogP contribution in [0, 0.1) is 5.82 Å². The molecule has 0 fully saturated rings. The number of nitrogens with one attached hydrogen (secondary N) is 1. The lowest BCUT2D eigenvalue weighted by molar-refractivity contribution is -0.118. The van der Waals surface area contributed by atoms with Crippen molar-refractivity contribution in [1.82, 2.24) is 0 Å². The number of amides is 1. The summed E-state index contributed by atoms with van der Waals surface area (Å²) in [6, 6.07) is 11.2. The molecule has 0 spiro atoms. The molecule has 4 nitrogen and oxygen atoms in total. The van der Waals surface area contributed by atoms with Gasteiger partial charge in [-0.1, -0.05) is 12.1 Å². The zero-order chi connectivity index (χ0) is 16.4. The molecule has 0 saturated heterocycles. The van der Waals surface area contributed by atoms with E-state index in [-0.39, 0.29) is 23.9 Å². The molecule has 1 aliphatic rings. The monoisotopic (exact) mass is 315 g/mol. The van der Waals surface area contributed by atoms with Gasteiger partial charge < -0.3 is 14.8 Å². The van der Waals surface area contributed by atoms with E-state index in [1.165, 1.54) is 24.3 Å². The average molecular weight is 315 g/mol. The first-order valence-corrected chi connectivity index (χ1v) is 7.42. The molecule has 1 heterocycles. The molecule has 23 heavy (non-hydrogen) atoms. The Hall–Kier alpha value is -2.56. The summed E-state index contributed by atoms with van der Waals surface area (Å²) in [4.78, 5) is 11.9. The zero-order valence-electron chi connectivity index (χ0n) is 13.1. The lowest BCUT2D eigenvalue weighted by Crippen LogP contribution is -2.25. The van der Waals surface area contributed by atoms with Gasteiger partial charge in [0.25, 0.3) is 5.91 Å². The average Bonchev–Trinajstić information content (AvgIpc) is 2.82. The van der Waals surface area contributed by atoms with Gasteiger partial charge in [0.1, 0.15) is 11.4 Å². The molecule has 2 aromatic carbocycles. The molecule has 0 aromatic heterocycles. The van der Waals surface area contributed by atoms with Crippen LogP contribution in [0.5, 0.6) is 11.5 Å². The van der Waals surface area contributed by atoms with Gasteiger partial charge in [-0.2, -0.15) is 0 Å². The van der Waals surface area contributed by atoms with Crippen molar-refractivity contribution in [2.24, 2.45) is 0 Å². The second kappa shape index (κ2) is 5.91. The lowest BCUT2D eigenvalue weighted by atomic mass is 10.0. The highest BCUT2D eigenvalue weighted by atomic mass is 19.1. The maximum absolute atomic E-state index is 12.8. The first-order chi connectivity index (χ1) is 10.9. The van der Waals surface area contributed by atoms with Crippen LogP contribution in [0.2, 0.25) is 0 Å². The number of benzene rings is 2. The second-order valence-electron chi connectivity index (χ2n) is 6.13. The van der Waals surface area contributed by atoms with Gasteiger partial charge in [0.05, 0.1) is 0 Å². The van der Waals surface area contributed by atoms with Crippen LogP contribution in [0.1, 0.15) is 19.4 Å². The van der Waals surface area contributed by atoms with Gasteiger partial charge in [0.15, 0.2) is 18.1 Å². The number of anilines is 1. The van der Waals surface area contributed by atoms with Crippen LogP contribution in [0.4, 0.5) is 10.1 Å². The Bertz CT molecular complexity index is 726. The molecule has 2 aromatic rings. The Balaban J connectivity index is 1.62. The van der Waals surface area contributed by atoms with Crippen LogP contribution in [0.15, 0.2) is 42.5 Å². The molecule has 0 aliphatic carbocycles.